The first-order valence-electron chi connectivity index (χ1n) is 6.64. The van der Waals surface area contributed by atoms with E-state index in [-0.39, 0.29) is 11.7 Å². The molecule has 1 aliphatic heterocycles. The number of fused-ring (bicyclic) bond motifs is 1. The zero-order chi connectivity index (χ0) is 15.8. The first kappa shape index (κ1) is 15.4. The summed E-state index contributed by atoms with van der Waals surface area (Å²) in [7, 11) is 0. The fourth-order valence-corrected chi connectivity index (χ4v) is 2.71. The van der Waals surface area contributed by atoms with Gasteiger partial charge in [-0.1, -0.05) is 20.4 Å². The van der Waals surface area contributed by atoms with Gasteiger partial charge in [0.1, 0.15) is 5.75 Å². The Kier molecular flexibility index (Phi) is 3.74. The van der Waals surface area contributed by atoms with Crippen LogP contribution in [0, 0.1) is 5.41 Å². The minimum absolute atomic E-state index is 0.172. The van der Waals surface area contributed by atoms with Crippen LogP contribution in [-0.4, -0.2) is 12.3 Å². The van der Waals surface area contributed by atoms with E-state index in [2.05, 4.69) is 16.6 Å². The van der Waals surface area contributed by atoms with E-state index in [1.54, 1.807) is 0 Å². The Morgan fingerprint density at radius 2 is 1.90 bits per heavy atom. The first-order chi connectivity index (χ1) is 9.73. The smallest absolute Gasteiger partial charge is 0.406 e. The molecule has 1 amide bonds. The molecule has 0 unspecified atom stereocenters. The Labute approximate surface area is 120 Å². The van der Waals surface area contributed by atoms with E-state index < -0.39 is 11.8 Å². The maximum absolute atomic E-state index is 12.3. The van der Waals surface area contributed by atoms with Crippen LogP contribution in [0.3, 0.4) is 0 Å². The summed E-state index contributed by atoms with van der Waals surface area (Å²) in [5.74, 6) is -0.492. The van der Waals surface area contributed by atoms with Gasteiger partial charge in [0.15, 0.2) is 0 Å². The highest BCUT2D eigenvalue weighted by Gasteiger charge is 2.42. The van der Waals surface area contributed by atoms with E-state index in [4.69, 9.17) is 0 Å². The second-order valence-corrected chi connectivity index (χ2v) is 4.98. The molecule has 1 aliphatic rings. The monoisotopic (exact) mass is 299 g/mol. The van der Waals surface area contributed by atoms with Crippen molar-refractivity contribution >= 4 is 17.2 Å². The molecule has 6 heteroatoms. The van der Waals surface area contributed by atoms with Gasteiger partial charge in [-0.25, -0.2) is 0 Å². The van der Waals surface area contributed by atoms with Crippen LogP contribution in [-0.2, 0) is 4.79 Å². The van der Waals surface area contributed by atoms with Crippen molar-refractivity contribution in [2.45, 2.75) is 33.1 Å². The number of hydrogen-bond acceptors (Lipinski definition) is 2. The molecule has 0 fully saturated rings. The molecule has 3 nitrogen and oxygen atoms in total. The second-order valence-electron chi connectivity index (χ2n) is 4.98. The number of benzene rings is 1. The van der Waals surface area contributed by atoms with Gasteiger partial charge in [0.05, 0.1) is 5.41 Å². The van der Waals surface area contributed by atoms with Crippen molar-refractivity contribution in [3.8, 4) is 5.75 Å². The summed E-state index contributed by atoms with van der Waals surface area (Å²) in [6, 6.07) is 3.84. The van der Waals surface area contributed by atoms with Gasteiger partial charge in [-0.05, 0) is 36.6 Å². The lowest BCUT2D eigenvalue weighted by Gasteiger charge is -2.37. The predicted molar refractivity (Wildman–Crippen MR) is 73.8 cm³/mol. The number of ether oxygens (including phenoxy) is 1. The van der Waals surface area contributed by atoms with Crippen LogP contribution in [0.25, 0.3) is 5.57 Å². The highest BCUT2D eigenvalue weighted by molar-refractivity contribution is 6.10. The van der Waals surface area contributed by atoms with Crippen LogP contribution in [0.15, 0.2) is 24.8 Å². The molecular formula is C15H16F3NO2. The van der Waals surface area contributed by atoms with Gasteiger partial charge in [0.2, 0.25) is 5.91 Å². The van der Waals surface area contributed by atoms with Crippen LogP contribution < -0.4 is 10.1 Å². The van der Waals surface area contributed by atoms with E-state index in [0.717, 1.165) is 0 Å². The molecule has 0 radical (unpaired) electrons. The van der Waals surface area contributed by atoms with Crippen molar-refractivity contribution < 1.29 is 22.7 Å². The number of carbonyl (C=O) groups is 1. The number of nitrogens with one attached hydrogen (secondary N) is 1. The van der Waals surface area contributed by atoms with Gasteiger partial charge in [0.25, 0.3) is 0 Å². The largest absolute Gasteiger partial charge is 0.573 e. The molecule has 1 heterocycles. The number of rotatable bonds is 3. The fraction of sp³-hybridized carbons (Fsp3) is 0.400. The van der Waals surface area contributed by atoms with Gasteiger partial charge >= 0.3 is 6.36 Å². The van der Waals surface area contributed by atoms with Crippen molar-refractivity contribution in [2.75, 3.05) is 5.32 Å². The quantitative estimate of drug-likeness (QED) is 0.900. The third-order valence-electron chi connectivity index (χ3n) is 4.02. The molecule has 0 saturated heterocycles. The number of halogens is 3. The molecule has 0 spiro atoms. The molecular weight excluding hydrogens is 283 g/mol. The summed E-state index contributed by atoms with van der Waals surface area (Å²) in [5.41, 5.74) is 0.681. The molecule has 0 aromatic heterocycles. The molecule has 0 atom stereocenters. The summed E-state index contributed by atoms with van der Waals surface area (Å²) < 4.78 is 40.8. The summed E-state index contributed by atoms with van der Waals surface area (Å²) >= 11 is 0. The number of anilines is 1. The fourth-order valence-electron chi connectivity index (χ4n) is 2.71. The van der Waals surface area contributed by atoms with Crippen LogP contribution >= 0.6 is 0 Å². The Bertz CT molecular complexity index is 589. The van der Waals surface area contributed by atoms with E-state index in [1.807, 2.05) is 13.8 Å². The number of alkyl halides is 3. The van der Waals surface area contributed by atoms with E-state index >= 15 is 0 Å². The van der Waals surface area contributed by atoms with Crippen molar-refractivity contribution in [2.24, 2.45) is 5.41 Å². The van der Waals surface area contributed by atoms with Crippen LogP contribution in [0.5, 0.6) is 5.75 Å². The molecule has 1 aromatic carbocycles. The second kappa shape index (κ2) is 5.09. The molecule has 1 aromatic rings. The SMILES string of the molecule is C=C1c2cc(OC(F)(F)F)ccc2NC(=O)C1(CC)CC. The third-order valence-corrected chi connectivity index (χ3v) is 4.02. The standard InChI is InChI=1S/C15H16F3NO2/c1-4-14(5-2)9(3)11-8-10(21-15(16,17)18)6-7-12(11)19-13(14)20/h6-8H,3-5H2,1-2H3,(H,19,20). The molecule has 114 valence electrons. The molecule has 2 rings (SSSR count). The third kappa shape index (κ3) is 2.62. The molecule has 1 N–H and O–H groups in total. The predicted octanol–water partition coefficient (Wildman–Crippen LogP) is 4.36. The van der Waals surface area contributed by atoms with E-state index in [9.17, 15) is 18.0 Å². The van der Waals surface area contributed by atoms with E-state index in [1.165, 1.54) is 18.2 Å². The van der Waals surface area contributed by atoms with Crippen LogP contribution in [0.4, 0.5) is 18.9 Å². The Morgan fingerprint density at radius 1 is 1.29 bits per heavy atom. The lowest BCUT2D eigenvalue weighted by molar-refractivity contribution is -0.274. The average Bonchev–Trinajstić information content (AvgIpc) is 2.39. The molecule has 21 heavy (non-hydrogen) atoms. The lowest BCUT2D eigenvalue weighted by atomic mass is 9.70. The minimum atomic E-state index is -4.75. The van der Waals surface area contributed by atoms with Crippen molar-refractivity contribution in [1.29, 1.82) is 0 Å². The average molecular weight is 299 g/mol. The van der Waals surface area contributed by atoms with Crippen LogP contribution in [0.2, 0.25) is 0 Å². The van der Waals surface area contributed by atoms with Gasteiger partial charge in [-0.15, -0.1) is 13.2 Å². The summed E-state index contributed by atoms with van der Waals surface area (Å²) in [5, 5.41) is 2.74. The highest BCUT2D eigenvalue weighted by atomic mass is 19.4. The molecule has 0 bridgehead atoms. The Morgan fingerprint density at radius 3 is 2.43 bits per heavy atom. The van der Waals surface area contributed by atoms with Crippen molar-refractivity contribution in [3.63, 3.8) is 0 Å². The Balaban J connectivity index is 2.47. The molecule has 0 saturated carbocycles. The van der Waals surface area contributed by atoms with Crippen LogP contribution in [0.1, 0.15) is 32.3 Å². The highest BCUT2D eigenvalue weighted by Crippen LogP contribution is 2.47. The minimum Gasteiger partial charge on any atom is -0.406 e. The van der Waals surface area contributed by atoms with Crippen molar-refractivity contribution in [3.05, 3.63) is 30.3 Å². The zero-order valence-corrected chi connectivity index (χ0v) is 11.8. The maximum Gasteiger partial charge on any atom is 0.573 e. The van der Waals surface area contributed by atoms with Gasteiger partial charge < -0.3 is 10.1 Å². The van der Waals surface area contributed by atoms with Gasteiger partial charge in [-0.3, -0.25) is 4.79 Å². The topological polar surface area (TPSA) is 38.3 Å². The summed E-state index contributed by atoms with van der Waals surface area (Å²) in [4.78, 5) is 12.3. The van der Waals surface area contributed by atoms with Crippen molar-refractivity contribution in [1.82, 2.24) is 0 Å². The van der Waals surface area contributed by atoms with Gasteiger partial charge in [-0.2, -0.15) is 0 Å². The Hall–Kier alpha value is -1.98. The van der Waals surface area contributed by atoms with Gasteiger partial charge in [0, 0.05) is 11.3 Å². The number of amides is 1. The normalized spacial score (nSPS) is 17.2. The first-order valence-corrected chi connectivity index (χ1v) is 6.64. The maximum atomic E-state index is 12.3. The molecule has 0 aliphatic carbocycles. The zero-order valence-electron chi connectivity index (χ0n) is 11.8. The summed E-state index contributed by atoms with van der Waals surface area (Å²) in [6.07, 6.45) is -3.70. The summed E-state index contributed by atoms with van der Waals surface area (Å²) in [6.45, 7) is 7.65. The number of hydrogen-bond donors (Lipinski definition) is 1. The van der Waals surface area contributed by atoms with E-state index in [0.29, 0.717) is 29.7 Å². The number of carbonyl (C=O) groups excluding carboxylic acids is 1. The lowest BCUT2D eigenvalue weighted by Crippen LogP contribution is -2.39.